The highest BCUT2D eigenvalue weighted by Gasteiger charge is 2.08. The highest BCUT2D eigenvalue weighted by molar-refractivity contribution is 5.95. The first-order valence-corrected chi connectivity index (χ1v) is 7.64. The number of carbonyl (C=O) groups is 1. The van der Waals surface area contributed by atoms with Gasteiger partial charge in [-0.25, -0.2) is 9.78 Å². The fourth-order valence-electron chi connectivity index (χ4n) is 2.39. The van der Waals surface area contributed by atoms with Gasteiger partial charge in [0.1, 0.15) is 0 Å². The molecule has 0 radical (unpaired) electrons. The monoisotopic (exact) mass is 322 g/mol. The molecule has 1 aromatic carbocycles. The number of nitrogens with one attached hydrogen (secondary N) is 1. The van der Waals surface area contributed by atoms with E-state index in [4.69, 9.17) is 4.74 Å². The van der Waals surface area contributed by atoms with E-state index in [-0.39, 0.29) is 0 Å². The van der Waals surface area contributed by atoms with Gasteiger partial charge in [0.25, 0.3) is 0 Å². The predicted octanol–water partition coefficient (Wildman–Crippen LogP) is 2.98. The van der Waals surface area contributed by atoms with Gasteiger partial charge in [-0.15, -0.1) is 0 Å². The lowest BCUT2D eigenvalue weighted by Gasteiger charge is -2.11. The van der Waals surface area contributed by atoms with Crippen molar-refractivity contribution in [1.82, 2.24) is 14.5 Å². The Morgan fingerprint density at radius 2 is 2.08 bits per heavy atom. The third-order valence-corrected chi connectivity index (χ3v) is 3.54. The third kappa shape index (κ3) is 3.43. The Kier molecular flexibility index (Phi) is 4.56. The average Bonchev–Trinajstić information content (AvgIpc) is 2.96. The van der Waals surface area contributed by atoms with Crippen LogP contribution in [0.2, 0.25) is 0 Å². The number of rotatable bonds is 5. The van der Waals surface area contributed by atoms with Gasteiger partial charge in [0, 0.05) is 36.8 Å². The first-order chi connectivity index (χ1) is 11.7. The van der Waals surface area contributed by atoms with E-state index in [2.05, 4.69) is 15.3 Å². The summed E-state index contributed by atoms with van der Waals surface area (Å²) in [5.41, 5.74) is 4.26. The van der Waals surface area contributed by atoms with E-state index in [0.717, 1.165) is 22.3 Å². The second-order valence-corrected chi connectivity index (χ2v) is 5.23. The SMILES string of the molecule is CCOC(=O)C=C(Nc1ccc2c(c1)ncn2C)c1ccncc1. The molecule has 122 valence electrons. The van der Waals surface area contributed by atoms with Crippen molar-refractivity contribution >= 4 is 28.4 Å². The maximum atomic E-state index is 11.9. The van der Waals surface area contributed by atoms with Gasteiger partial charge in [-0.3, -0.25) is 4.98 Å². The zero-order valence-corrected chi connectivity index (χ0v) is 13.6. The molecule has 0 bridgehead atoms. The zero-order chi connectivity index (χ0) is 16.9. The topological polar surface area (TPSA) is 69.0 Å². The second kappa shape index (κ2) is 6.95. The Hall–Kier alpha value is -3.15. The molecule has 0 aliphatic heterocycles. The first kappa shape index (κ1) is 15.7. The van der Waals surface area contributed by atoms with Gasteiger partial charge in [-0.1, -0.05) is 0 Å². The van der Waals surface area contributed by atoms with Gasteiger partial charge in [-0.05, 0) is 37.3 Å². The molecule has 0 unspecified atom stereocenters. The Morgan fingerprint density at radius 3 is 2.83 bits per heavy atom. The van der Waals surface area contributed by atoms with Crippen molar-refractivity contribution in [3.05, 3.63) is 60.7 Å². The van der Waals surface area contributed by atoms with E-state index in [1.54, 1.807) is 25.6 Å². The van der Waals surface area contributed by atoms with Gasteiger partial charge < -0.3 is 14.6 Å². The Bertz CT molecular complexity index is 884. The molecule has 6 heteroatoms. The van der Waals surface area contributed by atoms with Crippen LogP contribution in [0.4, 0.5) is 5.69 Å². The van der Waals surface area contributed by atoms with Gasteiger partial charge >= 0.3 is 5.97 Å². The van der Waals surface area contributed by atoms with E-state index in [1.165, 1.54) is 6.08 Å². The van der Waals surface area contributed by atoms with Crippen LogP contribution in [0.1, 0.15) is 12.5 Å². The number of esters is 1. The molecule has 0 spiro atoms. The Balaban J connectivity index is 1.94. The van der Waals surface area contributed by atoms with Crippen LogP contribution < -0.4 is 5.32 Å². The number of hydrogen-bond acceptors (Lipinski definition) is 5. The lowest BCUT2D eigenvalue weighted by atomic mass is 10.1. The molecule has 0 fully saturated rings. The molecule has 0 saturated heterocycles. The standard InChI is InChI=1S/C18H18N4O2/c1-3-24-18(23)11-15(13-6-8-19-9-7-13)21-14-4-5-17-16(10-14)20-12-22(17)2/h4-12,21H,3H2,1-2H3. The van der Waals surface area contributed by atoms with Crippen molar-refractivity contribution in [2.24, 2.45) is 7.05 Å². The Morgan fingerprint density at radius 1 is 1.29 bits per heavy atom. The second-order valence-electron chi connectivity index (χ2n) is 5.23. The number of nitrogens with zero attached hydrogens (tertiary/aromatic N) is 3. The van der Waals surface area contributed by atoms with Gasteiger partial charge in [0.15, 0.2) is 0 Å². The van der Waals surface area contributed by atoms with Crippen molar-refractivity contribution in [3.63, 3.8) is 0 Å². The molecule has 2 heterocycles. The minimum atomic E-state index is -0.393. The summed E-state index contributed by atoms with van der Waals surface area (Å²) in [5.74, 6) is -0.393. The third-order valence-electron chi connectivity index (χ3n) is 3.54. The van der Waals surface area contributed by atoms with Gasteiger partial charge in [0.2, 0.25) is 0 Å². The highest BCUT2D eigenvalue weighted by Crippen LogP contribution is 2.22. The number of benzene rings is 1. The summed E-state index contributed by atoms with van der Waals surface area (Å²) >= 11 is 0. The van der Waals surface area contributed by atoms with E-state index < -0.39 is 5.97 Å². The van der Waals surface area contributed by atoms with Crippen molar-refractivity contribution in [2.75, 3.05) is 11.9 Å². The number of hydrogen-bond donors (Lipinski definition) is 1. The van der Waals surface area contributed by atoms with E-state index >= 15 is 0 Å². The minimum Gasteiger partial charge on any atom is -0.463 e. The van der Waals surface area contributed by atoms with Gasteiger partial charge in [0.05, 0.1) is 29.7 Å². The number of imidazole rings is 1. The maximum absolute atomic E-state index is 11.9. The van der Waals surface area contributed by atoms with Crippen molar-refractivity contribution in [3.8, 4) is 0 Å². The Labute approximate surface area is 139 Å². The quantitative estimate of drug-likeness (QED) is 0.578. The molecule has 3 aromatic rings. The molecule has 0 saturated carbocycles. The van der Waals surface area contributed by atoms with Crippen molar-refractivity contribution in [1.29, 1.82) is 0 Å². The van der Waals surface area contributed by atoms with Crippen LogP contribution in [0.5, 0.6) is 0 Å². The summed E-state index contributed by atoms with van der Waals surface area (Å²) in [6, 6.07) is 9.54. The summed E-state index contributed by atoms with van der Waals surface area (Å²) < 4.78 is 6.97. The van der Waals surface area contributed by atoms with Crippen LogP contribution in [-0.2, 0) is 16.6 Å². The molecule has 2 aromatic heterocycles. The molecular formula is C18H18N4O2. The molecule has 24 heavy (non-hydrogen) atoms. The normalized spacial score (nSPS) is 11.5. The van der Waals surface area contributed by atoms with Crippen molar-refractivity contribution in [2.45, 2.75) is 6.92 Å². The fraction of sp³-hybridized carbons (Fsp3) is 0.167. The molecule has 0 aliphatic rings. The van der Waals surface area contributed by atoms with Gasteiger partial charge in [-0.2, -0.15) is 0 Å². The summed E-state index contributed by atoms with van der Waals surface area (Å²) in [6.07, 6.45) is 6.57. The summed E-state index contributed by atoms with van der Waals surface area (Å²) in [5, 5.41) is 3.27. The number of pyridine rings is 1. The predicted molar refractivity (Wildman–Crippen MR) is 93.2 cm³/mol. The van der Waals surface area contributed by atoms with E-state index in [0.29, 0.717) is 12.3 Å². The number of aryl methyl sites for hydroxylation is 1. The molecule has 0 amide bonds. The largest absolute Gasteiger partial charge is 0.463 e. The summed E-state index contributed by atoms with van der Waals surface area (Å²) in [4.78, 5) is 20.2. The number of ether oxygens (including phenoxy) is 1. The smallest absolute Gasteiger partial charge is 0.332 e. The van der Waals surface area contributed by atoms with E-state index in [1.807, 2.05) is 41.9 Å². The average molecular weight is 322 g/mol. The molecule has 0 atom stereocenters. The maximum Gasteiger partial charge on any atom is 0.332 e. The number of aromatic nitrogens is 3. The lowest BCUT2D eigenvalue weighted by molar-refractivity contribution is -0.137. The summed E-state index contributed by atoms with van der Waals surface area (Å²) in [7, 11) is 1.95. The van der Waals surface area contributed by atoms with Crippen LogP contribution in [0.15, 0.2) is 55.1 Å². The number of carbonyl (C=O) groups excluding carboxylic acids is 1. The molecule has 1 N–H and O–H groups in total. The summed E-state index contributed by atoms with van der Waals surface area (Å²) in [6.45, 7) is 2.11. The molecule has 6 nitrogen and oxygen atoms in total. The molecule has 3 rings (SSSR count). The molecular weight excluding hydrogens is 304 g/mol. The number of anilines is 1. The lowest BCUT2D eigenvalue weighted by Crippen LogP contribution is -2.06. The highest BCUT2D eigenvalue weighted by atomic mass is 16.5. The van der Waals surface area contributed by atoms with Crippen LogP contribution in [0, 0.1) is 0 Å². The zero-order valence-electron chi connectivity index (χ0n) is 13.6. The first-order valence-electron chi connectivity index (χ1n) is 7.64. The molecule has 0 aliphatic carbocycles. The van der Waals surface area contributed by atoms with E-state index in [9.17, 15) is 4.79 Å². The van der Waals surface area contributed by atoms with Crippen molar-refractivity contribution < 1.29 is 9.53 Å². The van der Waals surface area contributed by atoms with Crippen LogP contribution in [-0.4, -0.2) is 27.1 Å². The fourth-order valence-corrected chi connectivity index (χ4v) is 2.39. The minimum absolute atomic E-state index is 0.332. The van der Waals surface area contributed by atoms with Crippen LogP contribution in [0.25, 0.3) is 16.7 Å². The van der Waals surface area contributed by atoms with Crippen LogP contribution >= 0.6 is 0 Å². The number of fused-ring (bicyclic) bond motifs is 1. The van der Waals surface area contributed by atoms with Crippen LogP contribution in [0.3, 0.4) is 0 Å².